The first-order chi connectivity index (χ1) is 2.84. The fourth-order valence-electron chi connectivity index (χ4n) is 0.381. The highest BCUT2D eigenvalue weighted by molar-refractivity contribution is 5.54. The van der Waals surface area contributed by atoms with E-state index >= 15 is 0 Å². The molecule has 1 heteroatoms. The molecule has 1 rings (SSSR count). The topological polar surface area (TPSA) is 26.0 Å². The predicted octanol–water partition coefficient (Wildman–Crippen LogP) is 0.789. The predicted molar refractivity (Wildman–Crippen MR) is 26.0 cm³/mol. The summed E-state index contributed by atoms with van der Waals surface area (Å²) in [5, 5.41) is 0. The fraction of sp³-hybridized carbons (Fsp3) is 0.200. The van der Waals surface area contributed by atoms with E-state index in [-0.39, 0.29) is 0 Å². The van der Waals surface area contributed by atoms with Crippen LogP contribution in [0.1, 0.15) is 6.92 Å². The van der Waals surface area contributed by atoms with Gasteiger partial charge in [-0.15, -0.1) is 0 Å². The third-order valence-electron chi connectivity index (χ3n) is 0.872. The average Bonchev–Trinajstić information content (AvgIpc) is 2.19. The minimum atomic E-state index is 0.942. The van der Waals surface area contributed by atoms with E-state index in [1.165, 1.54) is 5.57 Å². The van der Waals surface area contributed by atoms with Gasteiger partial charge >= 0.3 is 0 Å². The molecule has 0 bridgehead atoms. The molecule has 0 unspecified atom stereocenters. The minimum absolute atomic E-state index is 0.942. The normalized spacial score (nSPS) is 24.2. The quantitative estimate of drug-likeness (QED) is 0.458. The van der Waals surface area contributed by atoms with Gasteiger partial charge in [0.15, 0.2) is 0 Å². The van der Waals surface area contributed by atoms with E-state index in [9.17, 15) is 0 Å². The molecular formula is C5H7N. The standard InChI is InChI=1S/C5H7N/c1-2-4-3-5(4)6/h2-3H,6H2,1H3/b4-2+. The van der Waals surface area contributed by atoms with Crippen LogP contribution in [0.2, 0.25) is 0 Å². The van der Waals surface area contributed by atoms with Crippen LogP contribution in [0, 0.1) is 0 Å². The van der Waals surface area contributed by atoms with E-state index in [0.717, 1.165) is 5.70 Å². The Bertz CT molecular complexity index is 117. The molecule has 0 fully saturated rings. The molecule has 1 aliphatic carbocycles. The van der Waals surface area contributed by atoms with Crippen LogP contribution in [0.4, 0.5) is 0 Å². The highest BCUT2D eigenvalue weighted by atomic mass is 14.6. The van der Waals surface area contributed by atoms with Gasteiger partial charge in [-0.2, -0.15) is 0 Å². The Morgan fingerprint density at radius 1 is 1.83 bits per heavy atom. The van der Waals surface area contributed by atoms with Crippen LogP contribution in [0.3, 0.4) is 0 Å². The average molecular weight is 81.1 g/mol. The Morgan fingerprint density at radius 2 is 2.33 bits per heavy atom. The molecule has 6 heavy (non-hydrogen) atoms. The van der Waals surface area contributed by atoms with Crippen molar-refractivity contribution >= 4 is 0 Å². The second-order valence-electron chi connectivity index (χ2n) is 1.34. The Hall–Kier alpha value is -0.720. The molecule has 0 aromatic heterocycles. The first-order valence-corrected chi connectivity index (χ1v) is 1.98. The molecule has 1 aliphatic rings. The first kappa shape index (κ1) is 3.47. The molecule has 0 aliphatic heterocycles. The van der Waals surface area contributed by atoms with E-state index in [1.807, 2.05) is 19.1 Å². The number of rotatable bonds is 0. The van der Waals surface area contributed by atoms with Crippen LogP contribution in [-0.4, -0.2) is 0 Å². The van der Waals surface area contributed by atoms with Gasteiger partial charge in [0.25, 0.3) is 0 Å². The van der Waals surface area contributed by atoms with Crippen LogP contribution in [0.5, 0.6) is 0 Å². The summed E-state index contributed by atoms with van der Waals surface area (Å²) < 4.78 is 0. The van der Waals surface area contributed by atoms with Gasteiger partial charge in [0.1, 0.15) is 0 Å². The summed E-state index contributed by atoms with van der Waals surface area (Å²) in [5.74, 6) is 0. The van der Waals surface area contributed by atoms with Gasteiger partial charge in [-0.05, 0) is 18.6 Å². The Kier molecular flexibility index (Phi) is 0.502. The lowest BCUT2D eigenvalue weighted by Crippen LogP contribution is -1.78. The molecule has 0 saturated heterocycles. The molecule has 2 N–H and O–H groups in total. The zero-order valence-electron chi connectivity index (χ0n) is 3.73. The highest BCUT2D eigenvalue weighted by Gasteiger charge is 2.07. The lowest BCUT2D eigenvalue weighted by molar-refractivity contribution is 1.51. The summed E-state index contributed by atoms with van der Waals surface area (Å²) in [5.41, 5.74) is 7.42. The zero-order chi connectivity index (χ0) is 4.57. The van der Waals surface area contributed by atoms with Crippen molar-refractivity contribution in [1.82, 2.24) is 0 Å². The van der Waals surface area contributed by atoms with Crippen molar-refractivity contribution in [1.29, 1.82) is 0 Å². The van der Waals surface area contributed by atoms with Crippen molar-refractivity contribution in [2.45, 2.75) is 6.92 Å². The maximum absolute atomic E-state index is 5.27. The molecule has 0 aromatic rings. The second kappa shape index (κ2) is 0.869. The number of hydrogen-bond acceptors (Lipinski definition) is 1. The molecular weight excluding hydrogens is 74.1 g/mol. The van der Waals surface area contributed by atoms with Gasteiger partial charge in [-0.25, -0.2) is 0 Å². The van der Waals surface area contributed by atoms with Gasteiger partial charge in [0.05, 0.1) is 0 Å². The summed E-state index contributed by atoms with van der Waals surface area (Å²) >= 11 is 0. The maximum Gasteiger partial charge on any atom is 0.0391 e. The molecule has 0 heterocycles. The van der Waals surface area contributed by atoms with Crippen molar-refractivity contribution in [2.75, 3.05) is 0 Å². The van der Waals surface area contributed by atoms with Gasteiger partial charge < -0.3 is 5.73 Å². The molecule has 0 atom stereocenters. The van der Waals surface area contributed by atoms with Crippen LogP contribution in [-0.2, 0) is 0 Å². The van der Waals surface area contributed by atoms with Gasteiger partial charge in [-0.3, -0.25) is 0 Å². The molecule has 1 nitrogen and oxygen atoms in total. The lowest BCUT2D eigenvalue weighted by Gasteiger charge is -1.66. The maximum atomic E-state index is 5.27. The van der Waals surface area contributed by atoms with E-state index < -0.39 is 0 Å². The molecule has 0 spiro atoms. The Labute approximate surface area is 37.2 Å². The lowest BCUT2D eigenvalue weighted by atomic mass is 10.5. The van der Waals surface area contributed by atoms with Gasteiger partial charge in [0, 0.05) is 5.70 Å². The second-order valence-corrected chi connectivity index (χ2v) is 1.34. The van der Waals surface area contributed by atoms with Crippen molar-refractivity contribution in [3.8, 4) is 0 Å². The van der Waals surface area contributed by atoms with Crippen LogP contribution >= 0.6 is 0 Å². The third-order valence-corrected chi connectivity index (χ3v) is 0.872. The number of hydrogen-bond donors (Lipinski definition) is 1. The summed E-state index contributed by atoms with van der Waals surface area (Å²) in [6.45, 7) is 1.98. The summed E-state index contributed by atoms with van der Waals surface area (Å²) in [4.78, 5) is 0. The zero-order valence-corrected chi connectivity index (χ0v) is 3.73. The molecule has 0 saturated carbocycles. The fourth-order valence-corrected chi connectivity index (χ4v) is 0.381. The first-order valence-electron chi connectivity index (χ1n) is 1.98. The smallest absolute Gasteiger partial charge is 0.0391 e. The van der Waals surface area contributed by atoms with E-state index in [0.29, 0.717) is 0 Å². The van der Waals surface area contributed by atoms with Crippen molar-refractivity contribution < 1.29 is 0 Å². The van der Waals surface area contributed by atoms with E-state index in [1.54, 1.807) is 0 Å². The number of allylic oxidation sites excluding steroid dienone is 3. The van der Waals surface area contributed by atoms with Crippen molar-refractivity contribution in [3.63, 3.8) is 0 Å². The third kappa shape index (κ3) is 0.322. The molecule has 0 aromatic carbocycles. The minimum Gasteiger partial charge on any atom is -0.398 e. The summed E-state index contributed by atoms with van der Waals surface area (Å²) in [7, 11) is 0. The van der Waals surface area contributed by atoms with Crippen LogP contribution in [0.25, 0.3) is 0 Å². The number of nitrogens with two attached hydrogens (primary N) is 1. The molecule has 32 valence electrons. The summed E-state index contributed by atoms with van der Waals surface area (Å²) in [6, 6.07) is 0. The SMILES string of the molecule is C/C=C1C=C\1N. The van der Waals surface area contributed by atoms with Gasteiger partial charge in [0.2, 0.25) is 0 Å². The molecule has 0 radical (unpaired) electrons. The van der Waals surface area contributed by atoms with Crippen molar-refractivity contribution in [2.24, 2.45) is 5.73 Å². The Morgan fingerprint density at radius 3 is 2.33 bits per heavy atom. The highest BCUT2D eigenvalue weighted by Crippen LogP contribution is 2.19. The van der Waals surface area contributed by atoms with Gasteiger partial charge in [-0.1, -0.05) is 6.08 Å². The monoisotopic (exact) mass is 81.1 g/mol. The van der Waals surface area contributed by atoms with Crippen LogP contribution < -0.4 is 5.73 Å². The van der Waals surface area contributed by atoms with E-state index in [4.69, 9.17) is 5.73 Å². The summed E-state index contributed by atoms with van der Waals surface area (Å²) in [6.07, 6.45) is 3.94. The van der Waals surface area contributed by atoms with Crippen molar-refractivity contribution in [3.05, 3.63) is 23.4 Å². The Balaban J connectivity index is 2.56. The van der Waals surface area contributed by atoms with E-state index in [2.05, 4.69) is 0 Å². The molecule has 0 amide bonds. The largest absolute Gasteiger partial charge is 0.398 e. The van der Waals surface area contributed by atoms with Crippen LogP contribution in [0.15, 0.2) is 23.4 Å².